The number of hydrazine groups is 1. The summed E-state index contributed by atoms with van der Waals surface area (Å²) in [6, 6.07) is 11.7. The van der Waals surface area contributed by atoms with Gasteiger partial charge in [-0.05, 0) is 44.0 Å². The van der Waals surface area contributed by atoms with E-state index in [0.717, 1.165) is 35.0 Å². The Morgan fingerprint density at radius 2 is 1.97 bits per heavy atom. The Morgan fingerprint density at radius 1 is 1.20 bits per heavy atom. The highest BCUT2D eigenvalue weighted by Crippen LogP contribution is 2.41. The summed E-state index contributed by atoms with van der Waals surface area (Å²) in [5, 5.41) is 11.0. The van der Waals surface area contributed by atoms with Crippen molar-refractivity contribution in [2.24, 2.45) is 0 Å². The second-order valence-corrected chi connectivity index (χ2v) is 7.87. The number of rotatable bonds is 7. The summed E-state index contributed by atoms with van der Waals surface area (Å²) in [5.41, 5.74) is 10.4. The average molecular weight is 409 g/mol. The van der Waals surface area contributed by atoms with Gasteiger partial charge in [0.1, 0.15) is 19.4 Å². The fraction of sp³-hybridized carbons (Fsp3) is 0.391. The molecule has 1 saturated carbocycles. The molecule has 1 aliphatic rings. The number of benzene rings is 1. The highest BCUT2D eigenvalue weighted by Gasteiger charge is 2.26. The number of anilines is 1. The van der Waals surface area contributed by atoms with Crippen molar-refractivity contribution in [3.63, 3.8) is 0 Å². The lowest BCUT2D eigenvalue weighted by atomic mass is 10.1. The smallest absolute Gasteiger partial charge is 0.109 e. The van der Waals surface area contributed by atoms with Crippen LogP contribution in [0.5, 0.6) is 0 Å². The van der Waals surface area contributed by atoms with Gasteiger partial charge in [-0.3, -0.25) is 4.98 Å². The molecule has 0 spiro atoms. The zero-order valence-corrected chi connectivity index (χ0v) is 17.0. The Balaban J connectivity index is 1.76. The van der Waals surface area contributed by atoms with Crippen LogP contribution in [-0.4, -0.2) is 28.9 Å². The van der Waals surface area contributed by atoms with Crippen molar-refractivity contribution >= 4 is 16.6 Å². The molecule has 0 amide bonds. The number of pyridine rings is 1. The van der Waals surface area contributed by atoms with Crippen LogP contribution in [0.2, 0.25) is 0 Å². The van der Waals surface area contributed by atoms with Crippen LogP contribution in [0, 0.1) is 18.3 Å². The van der Waals surface area contributed by atoms with E-state index < -0.39 is 19.4 Å². The van der Waals surface area contributed by atoms with Gasteiger partial charge in [0.2, 0.25) is 0 Å². The molecule has 4 rings (SSSR count). The van der Waals surface area contributed by atoms with Crippen molar-refractivity contribution in [1.82, 2.24) is 15.0 Å². The maximum atomic E-state index is 12.7. The third-order valence-electron chi connectivity index (χ3n) is 5.76. The Kier molecular flexibility index (Phi) is 5.96. The largest absolute Gasteiger partial charge is 0.335 e. The summed E-state index contributed by atoms with van der Waals surface area (Å²) >= 11 is 0. The SMILES string of the molecule is Cc1ccc2c(c1)c(C#N)c(-c1ccc(NNC(CF)CF)cn1)n2C1CCCC1. The van der Waals surface area contributed by atoms with Gasteiger partial charge in [-0.1, -0.05) is 24.5 Å². The molecule has 1 fully saturated rings. The molecule has 0 saturated heterocycles. The fourth-order valence-corrected chi connectivity index (χ4v) is 4.25. The predicted molar refractivity (Wildman–Crippen MR) is 115 cm³/mol. The molecule has 2 aromatic heterocycles. The number of nitriles is 1. The van der Waals surface area contributed by atoms with E-state index >= 15 is 0 Å². The van der Waals surface area contributed by atoms with Crippen LogP contribution in [0.4, 0.5) is 14.5 Å². The Hall–Kier alpha value is -2.98. The predicted octanol–water partition coefficient (Wildman–Crippen LogP) is 5.22. The zero-order valence-electron chi connectivity index (χ0n) is 17.0. The van der Waals surface area contributed by atoms with E-state index in [1.54, 1.807) is 12.3 Å². The molecule has 1 aliphatic carbocycles. The lowest BCUT2D eigenvalue weighted by molar-refractivity contribution is 0.320. The molecule has 7 heteroatoms. The second-order valence-electron chi connectivity index (χ2n) is 7.87. The minimum atomic E-state index is -0.900. The summed E-state index contributed by atoms with van der Waals surface area (Å²) in [7, 11) is 0. The maximum absolute atomic E-state index is 12.7. The molecule has 2 heterocycles. The van der Waals surface area contributed by atoms with Crippen LogP contribution in [0.1, 0.15) is 42.9 Å². The van der Waals surface area contributed by atoms with E-state index in [2.05, 4.69) is 44.7 Å². The van der Waals surface area contributed by atoms with Crippen LogP contribution >= 0.6 is 0 Å². The number of hydrogen-bond donors (Lipinski definition) is 2. The van der Waals surface area contributed by atoms with Crippen molar-refractivity contribution in [3.05, 3.63) is 47.7 Å². The Labute approximate surface area is 174 Å². The molecule has 1 aromatic carbocycles. The van der Waals surface area contributed by atoms with Gasteiger partial charge >= 0.3 is 0 Å². The quantitative estimate of drug-likeness (QED) is 0.525. The van der Waals surface area contributed by atoms with Gasteiger partial charge in [0, 0.05) is 11.4 Å². The summed E-state index contributed by atoms with van der Waals surface area (Å²) in [4.78, 5) is 4.57. The lowest BCUT2D eigenvalue weighted by Gasteiger charge is -2.18. The fourth-order valence-electron chi connectivity index (χ4n) is 4.25. The molecule has 156 valence electrons. The molecule has 0 bridgehead atoms. The number of nitrogens with one attached hydrogen (secondary N) is 2. The van der Waals surface area contributed by atoms with Crippen LogP contribution < -0.4 is 10.9 Å². The first-order valence-electron chi connectivity index (χ1n) is 10.3. The Bertz CT molecular complexity index is 1060. The average Bonchev–Trinajstić information content (AvgIpc) is 3.40. The monoisotopic (exact) mass is 409 g/mol. The summed E-state index contributed by atoms with van der Waals surface area (Å²) in [6.07, 6.45) is 6.16. The Morgan fingerprint density at radius 3 is 2.60 bits per heavy atom. The van der Waals surface area contributed by atoms with E-state index in [0.29, 0.717) is 23.0 Å². The van der Waals surface area contributed by atoms with E-state index in [4.69, 9.17) is 0 Å². The van der Waals surface area contributed by atoms with Gasteiger partial charge in [-0.25, -0.2) is 14.2 Å². The minimum absolute atomic E-state index is 0.350. The third-order valence-corrected chi connectivity index (χ3v) is 5.76. The molecule has 0 atom stereocenters. The van der Waals surface area contributed by atoms with Crippen molar-refractivity contribution in [1.29, 1.82) is 5.26 Å². The second kappa shape index (κ2) is 8.80. The number of nitrogens with zero attached hydrogens (tertiary/aromatic N) is 3. The maximum Gasteiger partial charge on any atom is 0.109 e. The topological polar surface area (TPSA) is 65.7 Å². The highest BCUT2D eigenvalue weighted by molar-refractivity contribution is 5.94. The molecule has 3 aromatic rings. The van der Waals surface area contributed by atoms with Gasteiger partial charge in [-0.2, -0.15) is 5.26 Å². The van der Waals surface area contributed by atoms with E-state index in [1.165, 1.54) is 12.8 Å². The standard InChI is InChI=1S/C23H25F2N5/c1-15-6-9-22-19(10-15)20(13-26)23(30(22)18-4-2-3-5-18)21-8-7-16(14-27-21)28-29-17(11-24)12-25/h6-10,14,17-18,28-29H,2-5,11-12H2,1H3. The van der Waals surface area contributed by atoms with Gasteiger partial charge in [0.15, 0.2) is 0 Å². The van der Waals surface area contributed by atoms with Gasteiger partial charge in [0.25, 0.3) is 0 Å². The molecule has 30 heavy (non-hydrogen) atoms. The zero-order chi connectivity index (χ0) is 21.1. The summed E-state index contributed by atoms with van der Waals surface area (Å²) < 4.78 is 27.6. The van der Waals surface area contributed by atoms with E-state index in [1.807, 2.05) is 13.0 Å². The normalized spacial score (nSPS) is 14.5. The summed E-state index contributed by atoms with van der Waals surface area (Å²) in [5.74, 6) is 0. The first-order valence-corrected chi connectivity index (χ1v) is 10.3. The van der Waals surface area contributed by atoms with Gasteiger partial charge < -0.3 is 9.99 Å². The molecule has 0 radical (unpaired) electrons. The molecule has 0 aliphatic heterocycles. The van der Waals surface area contributed by atoms with Crippen molar-refractivity contribution < 1.29 is 8.78 Å². The number of alkyl halides is 2. The van der Waals surface area contributed by atoms with Crippen LogP contribution in [0.15, 0.2) is 36.5 Å². The van der Waals surface area contributed by atoms with Crippen LogP contribution in [-0.2, 0) is 0 Å². The number of hydrogen-bond acceptors (Lipinski definition) is 4. The van der Waals surface area contributed by atoms with Crippen molar-refractivity contribution in [2.75, 3.05) is 18.8 Å². The first kappa shape index (κ1) is 20.3. The number of fused-ring (bicyclic) bond motifs is 1. The third kappa shape index (κ3) is 3.75. The van der Waals surface area contributed by atoms with Crippen LogP contribution in [0.25, 0.3) is 22.3 Å². The number of halogens is 2. The minimum Gasteiger partial charge on any atom is -0.335 e. The highest BCUT2D eigenvalue weighted by atomic mass is 19.1. The molecule has 2 N–H and O–H groups in total. The first-order chi connectivity index (χ1) is 14.7. The molecular weight excluding hydrogens is 384 g/mol. The van der Waals surface area contributed by atoms with Gasteiger partial charge in [-0.15, -0.1) is 0 Å². The van der Waals surface area contributed by atoms with Gasteiger partial charge in [0.05, 0.1) is 40.4 Å². The van der Waals surface area contributed by atoms with Crippen LogP contribution in [0.3, 0.4) is 0 Å². The number of aryl methyl sites for hydroxylation is 1. The molecule has 0 unspecified atom stereocenters. The summed E-state index contributed by atoms with van der Waals surface area (Å²) in [6.45, 7) is 0.421. The van der Waals surface area contributed by atoms with E-state index in [9.17, 15) is 14.0 Å². The molecule has 5 nitrogen and oxygen atoms in total. The van der Waals surface area contributed by atoms with E-state index in [-0.39, 0.29) is 0 Å². The molecular formula is C23H25F2N5. The van der Waals surface area contributed by atoms with Crippen molar-refractivity contribution in [2.45, 2.75) is 44.7 Å². The van der Waals surface area contributed by atoms with Crippen molar-refractivity contribution in [3.8, 4) is 17.5 Å². The number of aromatic nitrogens is 2. The lowest BCUT2D eigenvalue weighted by Crippen LogP contribution is -2.37.